The molecule has 42 heavy (non-hydrogen) atoms. The van der Waals surface area contributed by atoms with Gasteiger partial charge in [0.05, 0.1) is 37.6 Å². The Morgan fingerprint density at radius 3 is 2.64 bits per heavy atom. The zero-order chi connectivity index (χ0) is 30.4. The molecule has 4 aliphatic heterocycles. The van der Waals surface area contributed by atoms with E-state index in [2.05, 4.69) is 26.8 Å². The van der Waals surface area contributed by atoms with E-state index < -0.39 is 41.6 Å². The van der Waals surface area contributed by atoms with Gasteiger partial charge in [-0.05, 0) is 55.6 Å². The van der Waals surface area contributed by atoms with Gasteiger partial charge in [-0.2, -0.15) is 5.26 Å². The molecule has 0 saturated carbocycles. The second-order valence-electron chi connectivity index (χ2n) is 13.7. The molecule has 5 aliphatic rings. The smallest absolute Gasteiger partial charge is 0.317 e. The van der Waals surface area contributed by atoms with Crippen LogP contribution in [0.2, 0.25) is 0 Å². The molecule has 8 heteroatoms. The third-order valence-corrected chi connectivity index (χ3v) is 10.3. The molecule has 230 valence electrons. The Labute approximate surface area is 250 Å². The topological polar surface area (TPSA) is 118 Å². The van der Waals surface area contributed by atoms with Crippen molar-refractivity contribution in [3.8, 4) is 6.07 Å². The Hall–Kier alpha value is -2.28. The largest absolute Gasteiger partial charge is 0.461 e. The maximum absolute atomic E-state index is 14.1. The number of carbonyl (C=O) groups is 1. The van der Waals surface area contributed by atoms with Gasteiger partial charge in [0.2, 0.25) is 0 Å². The highest BCUT2D eigenvalue weighted by molar-refractivity contribution is 5.81. The van der Waals surface area contributed by atoms with E-state index in [1.807, 2.05) is 32.9 Å². The van der Waals surface area contributed by atoms with Crippen molar-refractivity contribution < 1.29 is 34.0 Å². The van der Waals surface area contributed by atoms with Crippen LogP contribution < -0.4 is 0 Å². The van der Waals surface area contributed by atoms with Crippen molar-refractivity contribution in [2.75, 3.05) is 13.2 Å². The van der Waals surface area contributed by atoms with Crippen LogP contribution in [0.3, 0.4) is 0 Å². The molecule has 3 saturated heterocycles. The summed E-state index contributed by atoms with van der Waals surface area (Å²) in [5.74, 6) is -1.70. The zero-order valence-electron chi connectivity index (χ0n) is 25.8. The van der Waals surface area contributed by atoms with Gasteiger partial charge in [-0.15, -0.1) is 0 Å². The van der Waals surface area contributed by atoms with E-state index in [1.165, 1.54) is 0 Å². The Balaban J connectivity index is 1.56. The first-order valence-electron chi connectivity index (χ1n) is 15.6. The SMILES string of the molecule is CC1=C(C#N)[C@H]2C(=O)O[C@H]3C[C@@H](C/C=C(\C)C(O)[C@@H](C)/C=C/C=C4\CO[C@H](C1)[C@@]42O)O[C@]1(C3)C[C@H](C(C)C)[C@H](C)CO1. The lowest BCUT2D eigenvalue weighted by molar-refractivity contribution is -0.326. The van der Waals surface area contributed by atoms with Crippen molar-refractivity contribution in [3.63, 3.8) is 0 Å². The molecule has 0 aromatic heterocycles. The summed E-state index contributed by atoms with van der Waals surface area (Å²) in [5, 5.41) is 33.4. The standard InChI is InChI=1S/C34H47NO7/c1-19(2)27-15-33(40-17-23(27)6)14-26-13-25(42-33)11-10-21(4)31(36)20(3)8-7-9-24-18-39-29-12-22(5)28(16-35)30(32(37)41-26)34(24,29)38/h7-10,19-20,23,25-27,29-31,36,38H,11-15,17-18H2,1-6H3/b8-7+,21-10+,24-9+/t20-,23+,25+,26-,27+,29+,30-,31?,33+,34-/m0/s1. The Bertz CT molecular complexity index is 1230. The molecule has 0 aromatic carbocycles. The highest BCUT2D eigenvalue weighted by Gasteiger charge is 2.60. The lowest BCUT2D eigenvalue weighted by Crippen LogP contribution is -2.56. The van der Waals surface area contributed by atoms with Gasteiger partial charge in [-0.1, -0.05) is 57.6 Å². The lowest BCUT2D eigenvalue weighted by atomic mass is 9.68. The van der Waals surface area contributed by atoms with Crippen LogP contribution in [0, 0.1) is 40.9 Å². The normalized spacial score (nSPS) is 46.2. The summed E-state index contributed by atoms with van der Waals surface area (Å²) in [5.41, 5.74) is 0.628. The van der Waals surface area contributed by atoms with Crippen LogP contribution in [0.25, 0.3) is 0 Å². The molecule has 2 N–H and O–H groups in total. The molecule has 1 spiro atoms. The molecule has 2 bridgehead atoms. The number of nitrogens with zero attached hydrogens (tertiary/aromatic N) is 1. The molecule has 10 atom stereocenters. The maximum atomic E-state index is 14.1. The van der Waals surface area contributed by atoms with Gasteiger partial charge in [0.15, 0.2) is 5.79 Å². The van der Waals surface area contributed by atoms with Crippen molar-refractivity contribution in [3.05, 3.63) is 46.6 Å². The minimum atomic E-state index is -1.71. The van der Waals surface area contributed by atoms with Gasteiger partial charge in [0.25, 0.3) is 0 Å². The van der Waals surface area contributed by atoms with Crippen LogP contribution in [0.15, 0.2) is 46.6 Å². The van der Waals surface area contributed by atoms with Crippen LogP contribution in [0.5, 0.6) is 0 Å². The number of hydrogen-bond donors (Lipinski definition) is 2. The van der Waals surface area contributed by atoms with Gasteiger partial charge in [0.1, 0.15) is 17.6 Å². The van der Waals surface area contributed by atoms with Crippen molar-refractivity contribution in [1.82, 2.24) is 0 Å². The minimum Gasteiger partial charge on any atom is -0.461 e. The second kappa shape index (κ2) is 12.0. The molecule has 8 nitrogen and oxygen atoms in total. The fourth-order valence-electron chi connectivity index (χ4n) is 7.76. The molecule has 1 aliphatic carbocycles. The lowest BCUT2D eigenvalue weighted by Gasteiger charge is -2.50. The number of aliphatic hydroxyl groups excluding tert-OH is 1. The summed E-state index contributed by atoms with van der Waals surface area (Å²) >= 11 is 0. The summed E-state index contributed by atoms with van der Waals surface area (Å²) in [6.07, 6.45) is 7.70. The first-order chi connectivity index (χ1) is 19.9. The maximum Gasteiger partial charge on any atom is 0.317 e. The van der Waals surface area contributed by atoms with Gasteiger partial charge < -0.3 is 29.2 Å². The Morgan fingerprint density at radius 2 is 1.93 bits per heavy atom. The second-order valence-corrected chi connectivity index (χ2v) is 13.7. The van der Waals surface area contributed by atoms with Crippen LogP contribution in [-0.2, 0) is 23.7 Å². The number of nitriles is 1. The van der Waals surface area contributed by atoms with E-state index in [0.29, 0.717) is 62.0 Å². The molecule has 0 radical (unpaired) electrons. The Kier molecular flexibility index (Phi) is 8.91. The van der Waals surface area contributed by atoms with Crippen molar-refractivity contribution >= 4 is 5.97 Å². The number of rotatable bonds is 1. The van der Waals surface area contributed by atoms with E-state index >= 15 is 0 Å². The third-order valence-electron chi connectivity index (χ3n) is 10.3. The summed E-state index contributed by atoms with van der Waals surface area (Å²) in [6, 6.07) is 2.21. The summed E-state index contributed by atoms with van der Waals surface area (Å²) in [7, 11) is 0. The van der Waals surface area contributed by atoms with E-state index in [1.54, 1.807) is 12.2 Å². The predicted molar refractivity (Wildman–Crippen MR) is 157 cm³/mol. The Morgan fingerprint density at radius 1 is 1.17 bits per heavy atom. The average Bonchev–Trinajstić information content (AvgIpc) is 3.26. The average molecular weight is 582 g/mol. The molecular weight excluding hydrogens is 534 g/mol. The summed E-state index contributed by atoms with van der Waals surface area (Å²) in [6.45, 7) is 13.0. The molecule has 4 heterocycles. The minimum absolute atomic E-state index is 0.141. The number of aliphatic hydroxyl groups is 2. The van der Waals surface area contributed by atoms with Crippen LogP contribution in [0.4, 0.5) is 0 Å². The number of fused-ring (bicyclic) bond motifs is 2. The molecule has 1 unspecified atom stereocenters. The fraction of sp³-hybridized carbons (Fsp3) is 0.706. The first-order valence-corrected chi connectivity index (χ1v) is 15.6. The monoisotopic (exact) mass is 581 g/mol. The first kappa shape index (κ1) is 31.2. The number of hydrogen-bond acceptors (Lipinski definition) is 8. The number of ether oxygens (including phenoxy) is 4. The van der Waals surface area contributed by atoms with Gasteiger partial charge >= 0.3 is 5.97 Å². The highest BCUT2D eigenvalue weighted by Crippen LogP contribution is 2.49. The third kappa shape index (κ3) is 5.67. The van der Waals surface area contributed by atoms with E-state index in [4.69, 9.17) is 18.9 Å². The van der Waals surface area contributed by atoms with Crippen molar-refractivity contribution in [2.24, 2.45) is 29.6 Å². The molecule has 5 rings (SSSR count). The van der Waals surface area contributed by atoms with Crippen LogP contribution in [0.1, 0.15) is 73.6 Å². The van der Waals surface area contributed by atoms with E-state index in [0.717, 1.165) is 11.1 Å². The molecule has 3 fully saturated rings. The summed E-state index contributed by atoms with van der Waals surface area (Å²) in [4.78, 5) is 14.1. The zero-order valence-corrected chi connectivity index (χ0v) is 25.8. The van der Waals surface area contributed by atoms with Gasteiger partial charge in [-0.25, -0.2) is 0 Å². The highest BCUT2D eigenvalue weighted by atomic mass is 16.7. The van der Waals surface area contributed by atoms with Crippen LogP contribution >= 0.6 is 0 Å². The fourth-order valence-corrected chi connectivity index (χ4v) is 7.76. The van der Waals surface area contributed by atoms with Crippen molar-refractivity contribution in [2.45, 2.75) is 109 Å². The van der Waals surface area contributed by atoms with Crippen LogP contribution in [-0.4, -0.2) is 65.2 Å². The number of esters is 1. The van der Waals surface area contributed by atoms with E-state index in [9.17, 15) is 20.3 Å². The number of carbonyl (C=O) groups excluding carboxylic acids is 1. The number of allylic oxidation sites excluding steroid dienone is 2. The quantitative estimate of drug-likeness (QED) is 0.331. The van der Waals surface area contributed by atoms with E-state index in [-0.39, 0.29) is 24.2 Å². The predicted octanol–water partition coefficient (Wildman–Crippen LogP) is 4.92. The van der Waals surface area contributed by atoms with Gasteiger partial charge in [0, 0.05) is 30.8 Å². The van der Waals surface area contributed by atoms with Gasteiger partial charge in [-0.3, -0.25) is 4.79 Å². The molecule has 0 amide bonds. The molecular formula is C34H47NO7. The molecule has 0 aromatic rings. The van der Waals surface area contributed by atoms with Crippen molar-refractivity contribution in [1.29, 1.82) is 5.26 Å². The summed E-state index contributed by atoms with van der Waals surface area (Å²) < 4.78 is 25.4.